The maximum Gasteiger partial charge on any atom is 0.141 e. The lowest BCUT2D eigenvalue weighted by atomic mass is 9.90. The number of ether oxygens (including phenoxy) is 1. The second-order valence-electron chi connectivity index (χ2n) is 5.87. The summed E-state index contributed by atoms with van der Waals surface area (Å²) >= 11 is 1.20. The zero-order valence-corrected chi connectivity index (χ0v) is 12.9. The largest absolute Gasteiger partial charge is 0.488 e. The fraction of sp³-hybridized carbons (Fsp3) is 0.571. The van der Waals surface area contributed by atoms with Crippen molar-refractivity contribution in [1.29, 1.82) is 0 Å². The highest BCUT2D eigenvalue weighted by Gasteiger charge is 2.27. The third-order valence-corrected chi connectivity index (χ3v) is 2.75. The molecule has 0 atom stereocenters. The molecule has 4 nitrogen and oxygen atoms in total. The van der Waals surface area contributed by atoms with Gasteiger partial charge in [0.2, 0.25) is 0 Å². The summed E-state index contributed by atoms with van der Waals surface area (Å²) in [6.07, 6.45) is 0.753. The monoisotopic (exact) mass is 284 g/mol. The van der Waals surface area contributed by atoms with Gasteiger partial charge < -0.3 is 20.4 Å². The van der Waals surface area contributed by atoms with E-state index in [4.69, 9.17) is 20.4 Å². The fourth-order valence-corrected chi connectivity index (χ4v) is 2.45. The minimum atomic E-state index is -0.335. The summed E-state index contributed by atoms with van der Waals surface area (Å²) in [6.45, 7) is 8.05. The predicted octanol–water partition coefficient (Wildman–Crippen LogP) is 2.91. The van der Waals surface area contributed by atoms with Crippen molar-refractivity contribution in [2.45, 2.75) is 45.3 Å². The SMILES string of the molecule is CC(C)(N)CC(C)(C)Oc1cccc(OSCN)c1. The Balaban J connectivity index is 2.70. The molecule has 0 fully saturated rings. The van der Waals surface area contributed by atoms with Crippen LogP contribution in [0.25, 0.3) is 0 Å². The summed E-state index contributed by atoms with van der Waals surface area (Å²) < 4.78 is 11.4. The molecular formula is C14H24N2O2S. The summed E-state index contributed by atoms with van der Waals surface area (Å²) in [6, 6.07) is 7.53. The standard InChI is InChI=1S/C14H24N2O2S/c1-13(2,16)9-14(3,4)17-11-6-5-7-12(8-11)18-19-10-15/h5-8H,9-10,15-16H2,1-4H3. The van der Waals surface area contributed by atoms with Crippen LogP contribution in [0.2, 0.25) is 0 Å². The molecule has 0 amide bonds. The van der Waals surface area contributed by atoms with Crippen LogP contribution in [0.3, 0.4) is 0 Å². The van der Waals surface area contributed by atoms with E-state index in [9.17, 15) is 0 Å². The summed E-state index contributed by atoms with van der Waals surface area (Å²) in [7, 11) is 0. The van der Waals surface area contributed by atoms with E-state index in [1.165, 1.54) is 12.0 Å². The second kappa shape index (κ2) is 6.50. The topological polar surface area (TPSA) is 70.5 Å². The number of benzene rings is 1. The van der Waals surface area contributed by atoms with E-state index in [1.54, 1.807) is 0 Å². The summed E-state index contributed by atoms with van der Waals surface area (Å²) in [5.41, 5.74) is 10.8. The van der Waals surface area contributed by atoms with Crippen molar-refractivity contribution >= 4 is 12.0 Å². The normalized spacial score (nSPS) is 12.3. The van der Waals surface area contributed by atoms with Crippen LogP contribution >= 0.6 is 12.0 Å². The molecule has 0 aliphatic carbocycles. The molecule has 0 heterocycles. The Morgan fingerprint density at radius 1 is 1.16 bits per heavy atom. The van der Waals surface area contributed by atoms with Gasteiger partial charge in [-0.3, -0.25) is 0 Å². The number of nitrogens with two attached hydrogens (primary N) is 2. The van der Waals surface area contributed by atoms with E-state index in [-0.39, 0.29) is 11.1 Å². The van der Waals surface area contributed by atoms with Crippen molar-refractivity contribution in [3.05, 3.63) is 24.3 Å². The first-order valence-electron chi connectivity index (χ1n) is 6.29. The quantitative estimate of drug-likeness (QED) is 0.595. The molecule has 1 rings (SSSR count). The Kier molecular flexibility index (Phi) is 5.52. The van der Waals surface area contributed by atoms with Crippen LogP contribution in [0, 0.1) is 0 Å². The molecule has 0 aliphatic rings. The van der Waals surface area contributed by atoms with E-state index < -0.39 is 0 Å². The molecule has 0 aromatic heterocycles. The lowest BCUT2D eigenvalue weighted by molar-refractivity contribution is 0.0782. The minimum Gasteiger partial charge on any atom is -0.488 e. The molecule has 5 heteroatoms. The first-order valence-corrected chi connectivity index (χ1v) is 7.20. The van der Waals surface area contributed by atoms with Gasteiger partial charge in [-0.25, -0.2) is 0 Å². The molecule has 0 aliphatic heterocycles. The highest BCUT2D eigenvalue weighted by atomic mass is 32.2. The van der Waals surface area contributed by atoms with E-state index in [0.717, 1.165) is 17.9 Å². The van der Waals surface area contributed by atoms with Gasteiger partial charge in [-0.2, -0.15) is 0 Å². The van der Waals surface area contributed by atoms with Gasteiger partial charge in [0.25, 0.3) is 0 Å². The molecule has 0 bridgehead atoms. The van der Waals surface area contributed by atoms with Crippen LogP contribution in [0.1, 0.15) is 34.1 Å². The van der Waals surface area contributed by atoms with Crippen LogP contribution in [-0.4, -0.2) is 17.0 Å². The van der Waals surface area contributed by atoms with E-state index in [0.29, 0.717) is 5.88 Å². The molecule has 0 spiro atoms. The Hall–Kier alpha value is -0.910. The summed E-state index contributed by atoms with van der Waals surface area (Å²) in [5.74, 6) is 1.91. The average Bonchev–Trinajstić information content (AvgIpc) is 2.22. The summed E-state index contributed by atoms with van der Waals surface area (Å²) in [5, 5.41) is 0. The summed E-state index contributed by atoms with van der Waals surface area (Å²) in [4.78, 5) is 0. The molecule has 0 saturated heterocycles. The number of rotatable bonds is 7. The lowest BCUT2D eigenvalue weighted by Gasteiger charge is -2.33. The zero-order valence-electron chi connectivity index (χ0n) is 12.1. The van der Waals surface area contributed by atoms with Crippen molar-refractivity contribution in [3.63, 3.8) is 0 Å². The van der Waals surface area contributed by atoms with Crippen LogP contribution in [0.15, 0.2) is 24.3 Å². The van der Waals surface area contributed by atoms with E-state index >= 15 is 0 Å². The molecule has 1 aromatic carbocycles. The first kappa shape index (κ1) is 16.1. The van der Waals surface area contributed by atoms with Gasteiger partial charge in [-0.05, 0) is 39.8 Å². The minimum absolute atomic E-state index is 0.271. The maximum atomic E-state index is 6.05. The third-order valence-electron chi connectivity index (χ3n) is 2.30. The molecule has 0 radical (unpaired) electrons. The highest BCUT2D eigenvalue weighted by molar-refractivity contribution is 7.94. The smallest absolute Gasteiger partial charge is 0.141 e. The van der Waals surface area contributed by atoms with Gasteiger partial charge in [0, 0.05) is 18.0 Å². The Labute approximate surface area is 120 Å². The van der Waals surface area contributed by atoms with Crippen LogP contribution in [-0.2, 0) is 0 Å². The molecule has 1 aromatic rings. The van der Waals surface area contributed by atoms with Crippen molar-refractivity contribution in [2.24, 2.45) is 11.5 Å². The maximum absolute atomic E-state index is 6.05. The van der Waals surface area contributed by atoms with Gasteiger partial charge in [-0.1, -0.05) is 6.07 Å². The highest BCUT2D eigenvalue weighted by Crippen LogP contribution is 2.28. The Bertz CT molecular complexity index is 403. The van der Waals surface area contributed by atoms with E-state index in [1.807, 2.05) is 52.0 Å². The Morgan fingerprint density at radius 3 is 2.37 bits per heavy atom. The molecular weight excluding hydrogens is 260 g/mol. The fourth-order valence-electron chi connectivity index (χ4n) is 2.14. The van der Waals surface area contributed by atoms with E-state index in [2.05, 4.69) is 0 Å². The average molecular weight is 284 g/mol. The predicted molar refractivity (Wildman–Crippen MR) is 81.3 cm³/mol. The second-order valence-corrected chi connectivity index (χ2v) is 6.61. The van der Waals surface area contributed by atoms with Crippen LogP contribution < -0.4 is 20.4 Å². The van der Waals surface area contributed by atoms with Crippen molar-refractivity contribution in [1.82, 2.24) is 0 Å². The van der Waals surface area contributed by atoms with Gasteiger partial charge in [0.1, 0.15) is 17.1 Å². The van der Waals surface area contributed by atoms with Crippen molar-refractivity contribution < 1.29 is 8.92 Å². The van der Waals surface area contributed by atoms with Crippen molar-refractivity contribution in [3.8, 4) is 11.5 Å². The van der Waals surface area contributed by atoms with Gasteiger partial charge in [0.05, 0.1) is 17.9 Å². The molecule has 0 unspecified atom stereocenters. The van der Waals surface area contributed by atoms with Gasteiger partial charge >= 0.3 is 0 Å². The lowest BCUT2D eigenvalue weighted by Crippen LogP contribution is -2.43. The zero-order chi connectivity index (χ0) is 14.5. The van der Waals surface area contributed by atoms with Crippen molar-refractivity contribution in [2.75, 3.05) is 5.88 Å². The molecule has 108 valence electrons. The van der Waals surface area contributed by atoms with Crippen LogP contribution in [0.5, 0.6) is 11.5 Å². The molecule has 0 saturated carbocycles. The van der Waals surface area contributed by atoms with Crippen LogP contribution in [0.4, 0.5) is 0 Å². The van der Waals surface area contributed by atoms with Gasteiger partial charge in [0.15, 0.2) is 0 Å². The first-order chi connectivity index (χ1) is 8.72. The number of hydrogen-bond acceptors (Lipinski definition) is 5. The Morgan fingerprint density at radius 2 is 1.79 bits per heavy atom. The molecule has 19 heavy (non-hydrogen) atoms. The third kappa shape index (κ3) is 6.71. The van der Waals surface area contributed by atoms with Gasteiger partial charge in [-0.15, -0.1) is 0 Å². The molecule has 4 N–H and O–H groups in total. The number of hydrogen-bond donors (Lipinski definition) is 2.